The summed E-state index contributed by atoms with van der Waals surface area (Å²) in [5.41, 5.74) is 0.640. The van der Waals surface area contributed by atoms with Crippen LogP contribution in [0.2, 0.25) is 0 Å². The average molecular weight is 261 g/mol. The maximum atomic E-state index is 12.0. The summed E-state index contributed by atoms with van der Waals surface area (Å²) in [6, 6.07) is 8.93. The van der Waals surface area contributed by atoms with Gasteiger partial charge in [0.05, 0.1) is 11.4 Å². The molecule has 1 aromatic heterocycles. The minimum Gasteiger partial charge on any atom is -0.459 e. The molecule has 0 fully saturated rings. The van der Waals surface area contributed by atoms with Gasteiger partial charge in [-0.1, -0.05) is 12.1 Å². The quantitative estimate of drug-likeness (QED) is 0.812. The van der Waals surface area contributed by atoms with E-state index in [0.717, 1.165) is 12.8 Å². The van der Waals surface area contributed by atoms with Gasteiger partial charge in [-0.15, -0.1) is 0 Å². The van der Waals surface area contributed by atoms with Crippen molar-refractivity contribution in [1.82, 2.24) is 5.32 Å². The minimum atomic E-state index is 0.00356. The molecule has 0 aliphatic heterocycles. The standard InChI is InChI=1S/C15H19NO3/c1-16-12(7-5-9-18-2)15-10-13(17)11-6-3-4-8-14(11)19-15/h3-4,6,8,10,12,16H,5,7,9H2,1-2H3. The Kier molecular flexibility index (Phi) is 4.71. The number of hydrogen-bond donors (Lipinski definition) is 1. The fraction of sp³-hybridized carbons (Fsp3) is 0.400. The summed E-state index contributed by atoms with van der Waals surface area (Å²) in [6.45, 7) is 0.704. The zero-order valence-corrected chi connectivity index (χ0v) is 11.3. The van der Waals surface area contributed by atoms with Crippen LogP contribution in [0.25, 0.3) is 11.0 Å². The molecule has 0 bridgehead atoms. The third-order valence-corrected chi connectivity index (χ3v) is 3.19. The second-order valence-corrected chi connectivity index (χ2v) is 4.49. The van der Waals surface area contributed by atoms with E-state index in [4.69, 9.17) is 9.15 Å². The monoisotopic (exact) mass is 261 g/mol. The highest BCUT2D eigenvalue weighted by molar-refractivity contribution is 5.76. The molecule has 0 radical (unpaired) electrons. The van der Waals surface area contributed by atoms with Crippen LogP contribution >= 0.6 is 0 Å². The van der Waals surface area contributed by atoms with Gasteiger partial charge in [-0.2, -0.15) is 0 Å². The lowest BCUT2D eigenvalue weighted by molar-refractivity contribution is 0.188. The van der Waals surface area contributed by atoms with Gasteiger partial charge in [-0.25, -0.2) is 0 Å². The van der Waals surface area contributed by atoms with E-state index in [1.54, 1.807) is 19.2 Å². The van der Waals surface area contributed by atoms with Gasteiger partial charge in [0.2, 0.25) is 0 Å². The molecule has 1 aromatic carbocycles. The smallest absolute Gasteiger partial charge is 0.193 e. The number of hydrogen-bond acceptors (Lipinski definition) is 4. The van der Waals surface area contributed by atoms with E-state index in [1.807, 2.05) is 25.2 Å². The SMILES string of the molecule is CNC(CCCOC)c1cc(=O)c2ccccc2o1. The van der Waals surface area contributed by atoms with Crippen molar-refractivity contribution >= 4 is 11.0 Å². The van der Waals surface area contributed by atoms with Crippen molar-refractivity contribution in [2.45, 2.75) is 18.9 Å². The molecule has 2 rings (SSSR count). The van der Waals surface area contributed by atoms with Crippen molar-refractivity contribution in [1.29, 1.82) is 0 Å². The predicted octanol–water partition coefficient (Wildman–Crippen LogP) is 2.48. The zero-order chi connectivity index (χ0) is 13.7. The van der Waals surface area contributed by atoms with Gasteiger partial charge in [0, 0.05) is 19.8 Å². The molecule has 1 N–H and O–H groups in total. The van der Waals surface area contributed by atoms with E-state index in [-0.39, 0.29) is 11.5 Å². The molecule has 0 amide bonds. The number of benzene rings is 1. The number of para-hydroxylation sites is 1. The molecule has 19 heavy (non-hydrogen) atoms. The molecule has 1 atom stereocenters. The van der Waals surface area contributed by atoms with E-state index < -0.39 is 0 Å². The normalized spacial score (nSPS) is 12.7. The Bertz CT molecular complexity index is 591. The van der Waals surface area contributed by atoms with Crippen molar-refractivity contribution in [2.75, 3.05) is 20.8 Å². The summed E-state index contributed by atoms with van der Waals surface area (Å²) < 4.78 is 10.9. The average Bonchev–Trinajstić information content (AvgIpc) is 2.44. The van der Waals surface area contributed by atoms with Crippen LogP contribution in [0.1, 0.15) is 24.6 Å². The van der Waals surface area contributed by atoms with Crippen LogP contribution in [0.3, 0.4) is 0 Å². The molecule has 0 saturated carbocycles. The summed E-state index contributed by atoms with van der Waals surface area (Å²) >= 11 is 0. The largest absolute Gasteiger partial charge is 0.459 e. The highest BCUT2D eigenvalue weighted by Crippen LogP contribution is 2.20. The van der Waals surface area contributed by atoms with Gasteiger partial charge in [0.1, 0.15) is 11.3 Å². The van der Waals surface area contributed by atoms with E-state index >= 15 is 0 Å². The molecule has 4 nitrogen and oxygen atoms in total. The van der Waals surface area contributed by atoms with Crippen LogP contribution in [0.4, 0.5) is 0 Å². The Morgan fingerprint density at radius 2 is 2.16 bits per heavy atom. The molecule has 0 spiro atoms. The molecule has 4 heteroatoms. The third-order valence-electron chi connectivity index (χ3n) is 3.19. The van der Waals surface area contributed by atoms with Gasteiger partial charge in [0.15, 0.2) is 5.43 Å². The molecule has 2 aromatic rings. The van der Waals surface area contributed by atoms with Crippen molar-refractivity contribution in [3.63, 3.8) is 0 Å². The Labute approximate surface area is 112 Å². The fourth-order valence-electron chi connectivity index (χ4n) is 2.15. The number of nitrogens with one attached hydrogen (secondary N) is 1. The summed E-state index contributed by atoms with van der Waals surface area (Å²) in [5.74, 6) is 0.683. The van der Waals surface area contributed by atoms with Gasteiger partial charge in [0.25, 0.3) is 0 Å². The highest BCUT2D eigenvalue weighted by atomic mass is 16.5. The Hall–Kier alpha value is -1.65. The number of methoxy groups -OCH3 is 1. The predicted molar refractivity (Wildman–Crippen MR) is 75.4 cm³/mol. The Morgan fingerprint density at radius 3 is 2.89 bits per heavy atom. The van der Waals surface area contributed by atoms with Crippen LogP contribution < -0.4 is 10.7 Å². The van der Waals surface area contributed by atoms with Gasteiger partial charge < -0.3 is 14.5 Å². The molecule has 0 saturated heterocycles. The van der Waals surface area contributed by atoms with Gasteiger partial charge in [-0.3, -0.25) is 4.79 Å². The second-order valence-electron chi connectivity index (χ2n) is 4.49. The first-order valence-corrected chi connectivity index (χ1v) is 6.45. The third kappa shape index (κ3) is 3.22. The Morgan fingerprint density at radius 1 is 1.37 bits per heavy atom. The molecular weight excluding hydrogens is 242 g/mol. The van der Waals surface area contributed by atoms with Crippen molar-refractivity contribution < 1.29 is 9.15 Å². The van der Waals surface area contributed by atoms with Crippen LogP contribution in [0.15, 0.2) is 39.5 Å². The highest BCUT2D eigenvalue weighted by Gasteiger charge is 2.14. The van der Waals surface area contributed by atoms with E-state index in [1.165, 1.54) is 0 Å². The molecular formula is C15H19NO3. The maximum absolute atomic E-state index is 12.0. The van der Waals surface area contributed by atoms with Crippen LogP contribution in [0, 0.1) is 0 Å². The van der Waals surface area contributed by atoms with Gasteiger partial charge >= 0.3 is 0 Å². The summed E-state index contributed by atoms with van der Waals surface area (Å²) in [6.07, 6.45) is 1.78. The van der Waals surface area contributed by atoms with E-state index in [2.05, 4.69) is 5.32 Å². The maximum Gasteiger partial charge on any atom is 0.193 e. The van der Waals surface area contributed by atoms with E-state index in [0.29, 0.717) is 23.3 Å². The van der Waals surface area contributed by atoms with Crippen LogP contribution in [-0.2, 0) is 4.74 Å². The summed E-state index contributed by atoms with van der Waals surface area (Å²) in [4.78, 5) is 12.0. The first-order valence-electron chi connectivity index (χ1n) is 6.45. The molecule has 1 unspecified atom stereocenters. The number of ether oxygens (including phenoxy) is 1. The lowest BCUT2D eigenvalue weighted by atomic mass is 10.1. The molecule has 0 aliphatic rings. The molecule has 102 valence electrons. The second kappa shape index (κ2) is 6.50. The van der Waals surface area contributed by atoms with Crippen molar-refractivity contribution in [3.05, 3.63) is 46.3 Å². The topological polar surface area (TPSA) is 51.5 Å². The van der Waals surface area contributed by atoms with Crippen LogP contribution in [0.5, 0.6) is 0 Å². The number of rotatable bonds is 6. The summed E-state index contributed by atoms with van der Waals surface area (Å²) in [5, 5.41) is 3.80. The molecule has 0 aliphatic carbocycles. The fourth-order valence-corrected chi connectivity index (χ4v) is 2.15. The van der Waals surface area contributed by atoms with Crippen molar-refractivity contribution in [2.24, 2.45) is 0 Å². The Balaban J connectivity index is 2.30. The van der Waals surface area contributed by atoms with Gasteiger partial charge in [-0.05, 0) is 32.0 Å². The first-order chi connectivity index (χ1) is 9.26. The zero-order valence-electron chi connectivity index (χ0n) is 11.3. The summed E-state index contributed by atoms with van der Waals surface area (Å²) in [7, 11) is 3.55. The van der Waals surface area contributed by atoms with E-state index in [9.17, 15) is 4.79 Å². The lowest BCUT2D eigenvalue weighted by Crippen LogP contribution is -2.18. The minimum absolute atomic E-state index is 0.00356. The number of fused-ring (bicyclic) bond motifs is 1. The molecule has 1 heterocycles. The lowest BCUT2D eigenvalue weighted by Gasteiger charge is -2.15. The van der Waals surface area contributed by atoms with Crippen molar-refractivity contribution in [3.8, 4) is 0 Å². The first kappa shape index (κ1) is 13.8. The van der Waals surface area contributed by atoms with Crippen LogP contribution in [-0.4, -0.2) is 20.8 Å².